The van der Waals surface area contributed by atoms with Crippen LogP contribution in [0.15, 0.2) is 12.4 Å². The number of aromatic nitrogens is 2. The number of hydrogen-bond acceptors (Lipinski definition) is 2. The van der Waals surface area contributed by atoms with Gasteiger partial charge < -0.3 is 5.11 Å². The maximum Gasteiger partial charge on any atom is 1.00 e. The van der Waals surface area contributed by atoms with Crippen molar-refractivity contribution in [3.05, 3.63) is 12.4 Å². The van der Waals surface area contributed by atoms with Gasteiger partial charge in [0.05, 0.1) is 0 Å². The summed E-state index contributed by atoms with van der Waals surface area (Å²) in [7, 11) is 1.71. The van der Waals surface area contributed by atoms with Crippen molar-refractivity contribution in [2.75, 3.05) is 0 Å². The molecule has 0 unspecified atom stereocenters. The van der Waals surface area contributed by atoms with Gasteiger partial charge in [0.2, 0.25) is 0 Å². The van der Waals surface area contributed by atoms with Gasteiger partial charge in [0.25, 0.3) is 0 Å². The van der Waals surface area contributed by atoms with E-state index in [2.05, 4.69) is 5.10 Å². The van der Waals surface area contributed by atoms with Gasteiger partial charge in [-0.2, -0.15) is 5.10 Å². The van der Waals surface area contributed by atoms with Crippen LogP contribution in [0.1, 0.15) is 0 Å². The van der Waals surface area contributed by atoms with Gasteiger partial charge in [-0.05, 0) is 0 Å². The summed E-state index contributed by atoms with van der Waals surface area (Å²) in [6.45, 7) is 0. The Bertz CT molecular complexity index is 146. The van der Waals surface area contributed by atoms with Gasteiger partial charge in [-0.1, -0.05) is 5.75 Å². The van der Waals surface area contributed by atoms with E-state index in [1.165, 1.54) is 17.1 Å². The molecular formula is C4H5KN2O. The minimum atomic E-state index is -0.0394. The van der Waals surface area contributed by atoms with E-state index in [9.17, 15) is 5.11 Å². The fourth-order valence-corrected chi connectivity index (χ4v) is 0.399. The van der Waals surface area contributed by atoms with Crippen molar-refractivity contribution in [1.82, 2.24) is 9.78 Å². The van der Waals surface area contributed by atoms with E-state index in [0.717, 1.165) is 0 Å². The first kappa shape index (κ1) is 8.65. The fraction of sp³-hybridized carbons (Fsp3) is 0.250. The molecule has 1 aromatic heterocycles. The second-order valence-electron chi connectivity index (χ2n) is 1.35. The molecule has 0 aliphatic rings. The summed E-state index contributed by atoms with van der Waals surface area (Å²) in [5, 5.41) is 13.8. The Balaban J connectivity index is 0.000000490. The van der Waals surface area contributed by atoms with E-state index in [1.807, 2.05) is 0 Å². The van der Waals surface area contributed by atoms with Crippen molar-refractivity contribution >= 4 is 0 Å². The first-order valence-electron chi connectivity index (χ1n) is 1.95. The molecule has 0 saturated heterocycles. The van der Waals surface area contributed by atoms with Crippen LogP contribution < -0.4 is 56.5 Å². The smallest absolute Gasteiger partial charge is 0.870 e. The van der Waals surface area contributed by atoms with Crippen molar-refractivity contribution < 1.29 is 56.5 Å². The number of aryl methyl sites for hydroxylation is 1. The van der Waals surface area contributed by atoms with E-state index >= 15 is 0 Å². The second kappa shape index (κ2) is 3.63. The third-order valence-electron chi connectivity index (χ3n) is 0.681. The number of rotatable bonds is 0. The molecule has 0 saturated carbocycles. The molecule has 0 N–H and O–H groups in total. The molecule has 3 nitrogen and oxygen atoms in total. The van der Waals surface area contributed by atoms with Crippen molar-refractivity contribution in [2.45, 2.75) is 0 Å². The molecule has 0 aliphatic carbocycles. The largest absolute Gasteiger partial charge is 1.00 e. The van der Waals surface area contributed by atoms with Crippen LogP contribution in [0.25, 0.3) is 0 Å². The molecule has 1 rings (SSSR count). The molecule has 0 aromatic carbocycles. The summed E-state index contributed by atoms with van der Waals surface area (Å²) in [5.74, 6) is -0.0394. The molecule has 38 valence electrons. The summed E-state index contributed by atoms with van der Waals surface area (Å²) in [6.07, 6.45) is 2.69. The van der Waals surface area contributed by atoms with Gasteiger partial charge in [0.1, 0.15) is 0 Å². The molecule has 0 amide bonds. The van der Waals surface area contributed by atoms with Crippen LogP contribution in [0.5, 0.6) is 5.75 Å². The summed E-state index contributed by atoms with van der Waals surface area (Å²) in [6, 6.07) is 0. The second-order valence-corrected chi connectivity index (χ2v) is 1.35. The van der Waals surface area contributed by atoms with E-state index in [1.54, 1.807) is 7.05 Å². The molecule has 0 aliphatic heterocycles. The van der Waals surface area contributed by atoms with Crippen molar-refractivity contribution in [3.8, 4) is 5.75 Å². The molecule has 0 spiro atoms. The molecule has 4 heteroatoms. The molecule has 0 atom stereocenters. The Morgan fingerprint density at radius 2 is 2.38 bits per heavy atom. The minimum absolute atomic E-state index is 0. The third kappa shape index (κ3) is 2.28. The molecule has 1 heterocycles. The van der Waals surface area contributed by atoms with E-state index in [0.29, 0.717) is 0 Å². The van der Waals surface area contributed by atoms with Gasteiger partial charge >= 0.3 is 51.4 Å². The van der Waals surface area contributed by atoms with Gasteiger partial charge in [0, 0.05) is 19.4 Å². The third-order valence-corrected chi connectivity index (χ3v) is 0.681. The summed E-state index contributed by atoms with van der Waals surface area (Å²) in [4.78, 5) is 0. The van der Waals surface area contributed by atoms with Crippen LogP contribution >= 0.6 is 0 Å². The monoisotopic (exact) mass is 136 g/mol. The van der Waals surface area contributed by atoms with Crippen LogP contribution in [0.3, 0.4) is 0 Å². The molecule has 0 bridgehead atoms. The van der Waals surface area contributed by atoms with Gasteiger partial charge in [-0.15, -0.1) is 0 Å². The standard InChI is InChI=1S/C4H6N2O.K/c1-6-3-4(7)2-5-6;/h2-3,7H,1H3;/q;+1/p-1. The Morgan fingerprint density at radius 3 is 2.50 bits per heavy atom. The quantitative estimate of drug-likeness (QED) is 0.347. The zero-order valence-electron chi connectivity index (χ0n) is 4.96. The topological polar surface area (TPSA) is 40.9 Å². The zero-order chi connectivity index (χ0) is 5.28. The SMILES string of the molecule is Cn1cc([O-])cn1.[K+]. The maximum atomic E-state index is 10.2. The first-order chi connectivity index (χ1) is 3.29. The van der Waals surface area contributed by atoms with Gasteiger partial charge in [-0.25, -0.2) is 0 Å². The Labute approximate surface area is 90.1 Å². The van der Waals surface area contributed by atoms with Gasteiger partial charge in [0.15, 0.2) is 0 Å². The van der Waals surface area contributed by atoms with Gasteiger partial charge in [-0.3, -0.25) is 4.68 Å². The Hall–Kier alpha value is 0.646. The fourth-order valence-electron chi connectivity index (χ4n) is 0.399. The van der Waals surface area contributed by atoms with Crippen LogP contribution in [-0.4, -0.2) is 9.78 Å². The average molecular weight is 136 g/mol. The van der Waals surface area contributed by atoms with Crippen LogP contribution in [0.4, 0.5) is 0 Å². The maximum absolute atomic E-state index is 10.2. The predicted molar refractivity (Wildman–Crippen MR) is 22.7 cm³/mol. The van der Waals surface area contributed by atoms with E-state index in [-0.39, 0.29) is 57.1 Å². The summed E-state index contributed by atoms with van der Waals surface area (Å²) >= 11 is 0. The average Bonchev–Trinajstić information content (AvgIpc) is 1.87. The predicted octanol–water partition coefficient (Wildman–Crippen LogP) is -3.50. The molecule has 0 radical (unpaired) electrons. The zero-order valence-corrected chi connectivity index (χ0v) is 8.08. The van der Waals surface area contributed by atoms with Crippen molar-refractivity contribution in [3.63, 3.8) is 0 Å². The summed E-state index contributed by atoms with van der Waals surface area (Å²) < 4.78 is 1.47. The molecular weight excluding hydrogens is 131 g/mol. The molecule has 0 fully saturated rings. The minimum Gasteiger partial charge on any atom is -0.870 e. The van der Waals surface area contributed by atoms with Crippen molar-refractivity contribution in [1.29, 1.82) is 0 Å². The number of nitrogens with zero attached hydrogens (tertiary/aromatic N) is 2. The summed E-state index contributed by atoms with van der Waals surface area (Å²) in [5.41, 5.74) is 0. The van der Waals surface area contributed by atoms with Crippen molar-refractivity contribution in [2.24, 2.45) is 7.05 Å². The molecule has 1 aromatic rings. The Morgan fingerprint density at radius 1 is 1.75 bits per heavy atom. The van der Waals surface area contributed by atoms with Crippen LogP contribution in [0.2, 0.25) is 0 Å². The van der Waals surface area contributed by atoms with E-state index in [4.69, 9.17) is 0 Å². The first-order valence-corrected chi connectivity index (χ1v) is 1.95. The van der Waals surface area contributed by atoms with Crippen LogP contribution in [0, 0.1) is 0 Å². The molecule has 8 heavy (non-hydrogen) atoms. The van der Waals surface area contributed by atoms with E-state index < -0.39 is 0 Å². The normalized spacial score (nSPS) is 8.12. The Kier molecular flexibility index (Phi) is 3.92. The van der Waals surface area contributed by atoms with Crippen LogP contribution in [-0.2, 0) is 7.05 Å². The number of hydrogen-bond donors (Lipinski definition) is 0.